The van der Waals surface area contributed by atoms with Gasteiger partial charge in [-0.15, -0.1) is 10.2 Å². The fourth-order valence-electron chi connectivity index (χ4n) is 5.21. The molecule has 3 aromatic carbocycles. The van der Waals surface area contributed by atoms with Crippen molar-refractivity contribution >= 4 is 40.0 Å². The van der Waals surface area contributed by atoms with E-state index in [1.807, 2.05) is 92.2 Å². The molecule has 0 amide bonds. The molecule has 0 bridgehead atoms. The van der Waals surface area contributed by atoms with Crippen LogP contribution in [0.15, 0.2) is 90.2 Å². The van der Waals surface area contributed by atoms with Gasteiger partial charge >= 0.3 is 0 Å². The number of H-pyrrole nitrogens is 1. The molecule has 0 spiro atoms. The number of hydrogen-bond donors (Lipinski definition) is 1. The lowest BCUT2D eigenvalue weighted by Crippen LogP contribution is -2.15. The van der Waals surface area contributed by atoms with E-state index in [4.69, 9.17) is 11.6 Å². The highest BCUT2D eigenvalue weighted by molar-refractivity contribution is 8.00. The van der Waals surface area contributed by atoms with Gasteiger partial charge in [0.15, 0.2) is 16.8 Å². The van der Waals surface area contributed by atoms with Crippen LogP contribution in [-0.4, -0.2) is 35.3 Å². The molecule has 8 heteroatoms. The predicted molar refractivity (Wildman–Crippen MR) is 163 cm³/mol. The second-order valence-corrected chi connectivity index (χ2v) is 11.7. The summed E-state index contributed by atoms with van der Waals surface area (Å²) in [6.07, 6.45) is 1.97. The number of aryl methyl sites for hydroxylation is 2. The van der Waals surface area contributed by atoms with E-state index in [9.17, 15) is 4.79 Å². The van der Waals surface area contributed by atoms with Crippen LogP contribution in [0.4, 0.5) is 0 Å². The standard InChI is InChI=1S/C32H28ClN5OS/c1-19-8-7-9-25(16-19)38-31(28-18-34-29-11-6-5-10-26(28)29)35-36-32(38)40-22(4)30(39)27-17-20(2)37(21(27)3)24-14-12-23(33)13-15-24/h5-18,22,34H,1-4H3/t22-/m1/s1. The Balaban J connectivity index is 1.38. The molecule has 6 rings (SSSR count). The Morgan fingerprint density at radius 2 is 1.68 bits per heavy atom. The van der Waals surface area contributed by atoms with Gasteiger partial charge in [-0.2, -0.15) is 0 Å². The molecule has 3 heterocycles. The van der Waals surface area contributed by atoms with Gasteiger partial charge in [-0.05, 0) is 81.8 Å². The third kappa shape index (κ3) is 4.65. The van der Waals surface area contributed by atoms with E-state index in [-0.39, 0.29) is 11.0 Å². The Labute approximate surface area is 242 Å². The molecule has 3 aromatic heterocycles. The number of aromatic amines is 1. The van der Waals surface area contributed by atoms with Crippen LogP contribution in [0.3, 0.4) is 0 Å². The molecule has 0 aliphatic carbocycles. The number of nitrogens with zero attached hydrogens (tertiary/aromatic N) is 4. The Kier molecular flexibility index (Phi) is 6.86. The molecule has 0 aliphatic heterocycles. The maximum atomic E-state index is 13.8. The lowest BCUT2D eigenvalue weighted by molar-refractivity contribution is 0.0993. The molecule has 0 fully saturated rings. The third-order valence-corrected chi connectivity index (χ3v) is 8.45. The summed E-state index contributed by atoms with van der Waals surface area (Å²) in [5, 5.41) is 11.2. The normalized spacial score (nSPS) is 12.2. The Bertz CT molecular complexity index is 1860. The zero-order valence-corrected chi connectivity index (χ0v) is 24.2. The summed E-state index contributed by atoms with van der Waals surface area (Å²) < 4.78 is 4.14. The minimum Gasteiger partial charge on any atom is -0.360 e. The SMILES string of the molecule is Cc1cccc(-n2c(S[C@H](C)C(=O)c3cc(C)n(-c4ccc(Cl)cc4)c3C)nnc2-c2c[nH]c3ccccc23)c1. The molecule has 1 atom stereocenters. The first-order valence-corrected chi connectivity index (χ1v) is 14.3. The quantitative estimate of drug-likeness (QED) is 0.157. The number of carbonyl (C=O) groups excluding carboxylic acids is 1. The van der Waals surface area contributed by atoms with Crippen molar-refractivity contribution in [3.8, 4) is 22.8 Å². The summed E-state index contributed by atoms with van der Waals surface area (Å²) in [4.78, 5) is 17.2. The zero-order chi connectivity index (χ0) is 28.0. The summed E-state index contributed by atoms with van der Waals surface area (Å²) in [5.41, 5.74) is 7.64. The molecule has 6 nitrogen and oxygen atoms in total. The van der Waals surface area contributed by atoms with Crippen LogP contribution in [0.5, 0.6) is 0 Å². The van der Waals surface area contributed by atoms with Crippen LogP contribution in [0.2, 0.25) is 5.02 Å². The van der Waals surface area contributed by atoms with Gasteiger partial charge in [-0.1, -0.05) is 53.7 Å². The number of nitrogens with one attached hydrogen (secondary N) is 1. The van der Waals surface area contributed by atoms with Gasteiger partial charge in [0.05, 0.1) is 5.25 Å². The van der Waals surface area contributed by atoms with Gasteiger partial charge in [-0.3, -0.25) is 9.36 Å². The molecule has 40 heavy (non-hydrogen) atoms. The van der Waals surface area contributed by atoms with Crippen molar-refractivity contribution in [1.29, 1.82) is 0 Å². The number of ketones is 1. The number of rotatable bonds is 7. The van der Waals surface area contributed by atoms with Crippen LogP contribution in [-0.2, 0) is 0 Å². The minimum atomic E-state index is -0.386. The van der Waals surface area contributed by atoms with Crippen LogP contribution in [0.1, 0.15) is 34.2 Å². The number of fused-ring (bicyclic) bond motifs is 1. The molecule has 0 aliphatic rings. The number of benzene rings is 3. The first kappa shape index (κ1) is 26.2. The van der Waals surface area contributed by atoms with Crippen LogP contribution >= 0.6 is 23.4 Å². The summed E-state index contributed by atoms with van der Waals surface area (Å²) in [6, 6.07) is 26.0. The molecular weight excluding hydrogens is 538 g/mol. The molecule has 6 aromatic rings. The van der Waals surface area contributed by atoms with Crippen molar-refractivity contribution < 1.29 is 4.79 Å². The molecule has 0 saturated heterocycles. The highest BCUT2D eigenvalue weighted by atomic mass is 35.5. The van der Waals surface area contributed by atoms with E-state index >= 15 is 0 Å². The van der Waals surface area contributed by atoms with Crippen LogP contribution in [0.25, 0.3) is 33.7 Å². The minimum absolute atomic E-state index is 0.0470. The van der Waals surface area contributed by atoms with Crippen molar-refractivity contribution in [3.63, 3.8) is 0 Å². The van der Waals surface area contributed by atoms with Crippen molar-refractivity contribution in [1.82, 2.24) is 24.3 Å². The number of carbonyl (C=O) groups is 1. The summed E-state index contributed by atoms with van der Waals surface area (Å²) in [5.74, 6) is 0.775. The third-order valence-electron chi connectivity index (χ3n) is 7.16. The van der Waals surface area contributed by atoms with E-state index in [1.165, 1.54) is 11.8 Å². The Hall–Kier alpha value is -4.07. The lowest BCUT2D eigenvalue weighted by Gasteiger charge is -2.14. The smallest absolute Gasteiger partial charge is 0.196 e. The van der Waals surface area contributed by atoms with Gasteiger partial charge < -0.3 is 9.55 Å². The molecule has 0 unspecified atom stereocenters. The predicted octanol–water partition coefficient (Wildman–Crippen LogP) is 8.15. The number of aromatic nitrogens is 5. The van der Waals surface area contributed by atoms with E-state index in [0.717, 1.165) is 50.6 Å². The molecule has 200 valence electrons. The van der Waals surface area contributed by atoms with Crippen molar-refractivity contribution in [2.24, 2.45) is 0 Å². The van der Waals surface area contributed by atoms with E-state index in [0.29, 0.717) is 15.7 Å². The second-order valence-electron chi connectivity index (χ2n) is 9.95. The van der Waals surface area contributed by atoms with E-state index in [1.54, 1.807) is 0 Å². The average molecular weight is 566 g/mol. The molecule has 0 radical (unpaired) electrons. The van der Waals surface area contributed by atoms with Gasteiger partial charge in [0.25, 0.3) is 0 Å². The average Bonchev–Trinajstić information content (AvgIpc) is 3.64. The number of thioether (sulfide) groups is 1. The summed E-state index contributed by atoms with van der Waals surface area (Å²) >= 11 is 7.52. The van der Waals surface area contributed by atoms with Crippen molar-refractivity contribution in [2.45, 2.75) is 38.1 Å². The van der Waals surface area contributed by atoms with Crippen LogP contribution < -0.4 is 0 Å². The van der Waals surface area contributed by atoms with Gasteiger partial charge in [0.1, 0.15) is 0 Å². The van der Waals surface area contributed by atoms with Gasteiger partial charge in [-0.25, -0.2) is 0 Å². The summed E-state index contributed by atoms with van der Waals surface area (Å²) in [6.45, 7) is 7.99. The maximum absolute atomic E-state index is 13.8. The fraction of sp³-hybridized carbons (Fsp3) is 0.156. The van der Waals surface area contributed by atoms with Gasteiger partial charge in [0, 0.05) is 56.0 Å². The van der Waals surface area contributed by atoms with E-state index < -0.39 is 0 Å². The second kappa shape index (κ2) is 10.5. The Morgan fingerprint density at radius 1 is 0.900 bits per heavy atom. The lowest BCUT2D eigenvalue weighted by atomic mass is 10.1. The number of Topliss-reactive ketones (excluding diaryl/α,β-unsaturated/α-hetero) is 1. The van der Waals surface area contributed by atoms with Crippen LogP contribution in [0, 0.1) is 20.8 Å². The number of halogens is 1. The topological polar surface area (TPSA) is 68.5 Å². The molecular formula is C32H28ClN5OS. The largest absolute Gasteiger partial charge is 0.360 e. The van der Waals surface area contributed by atoms with E-state index in [2.05, 4.69) is 44.9 Å². The molecule has 1 N–H and O–H groups in total. The highest BCUT2D eigenvalue weighted by Gasteiger charge is 2.26. The number of para-hydroxylation sites is 1. The van der Waals surface area contributed by atoms with Gasteiger partial charge in [0.2, 0.25) is 0 Å². The fourth-order valence-corrected chi connectivity index (χ4v) is 6.27. The highest BCUT2D eigenvalue weighted by Crippen LogP contribution is 2.35. The number of hydrogen-bond acceptors (Lipinski definition) is 4. The zero-order valence-electron chi connectivity index (χ0n) is 22.6. The first-order valence-electron chi connectivity index (χ1n) is 13.1. The first-order chi connectivity index (χ1) is 19.3. The monoisotopic (exact) mass is 565 g/mol. The Morgan fingerprint density at radius 3 is 2.45 bits per heavy atom. The molecule has 0 saturated carbocycles. The van der Waals surface area contributed by atoms with Crippen molar-refractivity contribution in [2.75, 3.05) is 0 Å². The summed E-state index contributed by atoms with van der Waals surface area (Å²) in [7, 11) is 0. The van der Waals surface area contributed by atoms with Crippen molar-refractivity contribution in [3.05, 3.63) is 113 Å². The maximum Gasteiger partial charge on any atom is 0.196 e.